The van der Waals surface area contributed by atoms with E-state index in [1.54, 1.807) is 24.3 Å². The van der Waals surface area contributed by atoms with Crippen LogP contribution in [-0.2, 0) is 21.1 Å². The molecule has 144 valence electrons. The average molecular weight is 464 g/mol. The van der Waals surface area contributed by atoms with E-state index in [0.717, 1.165) is 12.6 Å². The van der Waals surface area contributed by atoms with Crippen LogP contribution in [-0.4, -0.2) is 12.6 Å². The number of carbonyl (C=O) groups excluding carboxylic acids is 2. The minimum absolute atomic E-state index is 0.0678. The van der Waals surface area contributed by atoms with Crippen molar-refractivity contribution in [3.05, 3.63) is 108 Å². The van der Waals surface area contributed by atoms with E-state index in [9.17, 15) is 9.59 Å². The van der Waals surface area contributed by atoms with Gasteiger partial charge in [-0.05, 0) is 0 Å². The molecule has 0 atom stereocenters. The molecule has 0 amide bonds. The molecule has 4 nitrogen and oxygen atoms in total. The molecule has 2 aromatic carbocycles. The molecule has 0 spiro atoms. The fourth-order valence-electron chi connectivity index (χ4n) is 3.51. The quantitative estimate of drug-likeness (QED) is 0.480. The summed E-state index contributed by atoms with van der Waals surface area (Å²) >= 11 is -3.97. The Morgan fingerprint density at radius 1 is 0.586 bits per heavy atom. The van der Waals surface area contributed by atoms with Gasteiger partial charge in [-0.2, -0.15) is 0 Å². The predicted molar refractivity (Wildman–Crippen MR) is 109 cm³/mol. The number of rotatable bonds is 8. The van der Waals surface area contributed by atoms with Crippen LogP contribution in [0, 0.1) is 0 Å². The second kappa shape index (κ2) is 8.71. The summed E-state index contributed by atoms with van der Waals surface area (Å²) in [5.74, 6) is 1.39. The Morgan fingerprint density at radius 2 is 0.931 bits per heavy atom. The van der Waals surface area contributed by atoms with Gasteiger partial charge in [-0.25, -0.2) is 0 Å². The maximum absolute atomic E-state index is 11.0. The fraction of sp³-hybridized carbons (Fsp3) is 0.0833. The molecule has 0 aliphatic heterocycles. The van der Waals surface area contributed by atoms with Gasteiger partial charge in [0.15, 0.2) is 0 Å². The fourth-order valence-corrected chi connectivity index (χ4v) is 12.3. The first-order valence-corrected chi connectivity index (χ1v) is 14.3. The van der Waals surface area contributed by atoms with E-state index in [4.69, 9.17) is 5.63 Å². The van der Waals surface area contributed by atoms with E-state index in [1.807, 2.05) is 48.6 Å². The third-order valence-electron chi connectivity index (χ3n) is 5.01. The maximum atomic E-state index is 11.0. The molecule has 0 saturated heterocycles. The van der Waals surface area contributed by atoms with Crippen LogP contribution in [0.25, 0.3) is 0 Å². The van der Waals surface area contributed by atoms with Gasteiger partial charge < -0.3 is 0 Å². The van der Waals surface area contributed by atoms with E-state index in [1.165, 1.54) is 0 Å². The number of hydrogen-bond acceptors (Lipinski definition) is 4. The van der Waals surface area contributed by atoms with Crippen molar-refractivity contribution in [3.63, 3.8) is 0 Å². The molecule has 29 heavy (non-hydrogen) atoms. The van der Waals surface area contributed by atoms with Crippen LogP contribution in [0.5, 0.6) is 11.5 Å². The van der Waals surface area contributed by atoms with E-state index < -0.39 is 21.1 Å². The Hall–Kier alpha value is -2.78. The SMILES string of the molecule is O=Cc1ccc([O][Zr]([O]c2ccc(C=O)cc2)([CH]2C=CC=C2)[CH]2C=CC=C2)cc1. The first kappa shape index (κ1) is 19.5. The molecular weight excluding hydrogens is 443 g/mol. The summed E-state index contributed by atoms with van der Waals surface area (Å²) in [5, 5.41) is 0. The van der Waals surface area contributed by atoms with Crippen molar-refractivity contribution >= 4 is 12.6 Å². The second-order valence-electron chi connectivity index (χ2n) is 6.89. The third kappa shape index (κ3) is 4.15. The van der Waals surface area contributed by atoms with Crippen molar-refractivity contribution in [2.45, 2.75) is 7.25 Å². The third-order valence-corrected chi connectivity index (χ3v) is 14.2. The van der Waals surface area contributed by atoms with E-state index in [-0.39, 0.29) is 7.25 Å². The summed E-state index contributed by atoms with van der Waals surface area (Å²) in [6, 6.07) is 14.3. The van der Waals surface area contributed by atoms with Gasteiger partial charge in [-0.1, -0.05) is 0 Å². The topological polar surface area (TPSA) is 52.6 Å². The molecule has 5 heteroatoms. The molecule has 2 aliphatic carbocycles. The molecule has 0 fully saturated rings. The van der Waals surface area contributed by atoms with Crippen LogP contribution < -0.4 is 5.63 Å². The molecule has 0 heterocycles. The van der Waals surface area contributed by atoms with Crippen molar-refractivity contribution in [1.82, 2.24) is 0 Å². The summed E-state index contributed by atoms with van der Waals surface area (Å²) in [6.45, 7) is 0. The summed E-state index contributed by atoms with van der Waals surface area (Å²) in [4.78, 5) is 22.0. The van der Waals surface area contributed by atoms with Crippen molar-refractivity contribution in [1.29, 1.82) is 0 Å². The number of hydrogen-bond donors (Lipinski definition) is 0. The summed E-state index contributed by atoms with van der Waals surface area (Å²) in [5.41, 5.74) is 1.20. The Morgan fingerprint density at radius 3 is 1.24 bits per heavy atom. The average Bonchev–Trinajstić information content (AvgIpc) is 3.49. The first-order valence-electron chi connectivity index (χ1n) is 9.42. The van der Waals surface area contributed by atoms with E-state index in [0.29, 0.717) is 22.6 Å². The van der Waals surface area contributed by atoms with Crippen molar-refractivity contribution < 1.29 is 36.4 Å². The molecule has 4 rings (SSSR count). The zero-order valence-electron chi connectivity index (χ0n) is 15.7. The van der Waals surface area contributed by atoms with Gasteiger partial charge >= 0.3 is 176 Å². The van der Waals surface area contributed by atoms with Crippen molar-refractivity contribution in [2.75, 3.05) is 0 Å². The molecule has 0 bridgehead atoms. The van der Waals surface area contributed by atoms with Gasteiger partial charge in [-0.15, -0.1) is 0 Å². The van der Waals surface area contributed by atoms with Crippen LogP contribution in [0.2, 0.25) is 7.25 Å². The second-order valence-corrected chi connectivity index (χ2v) is 14.7. The van der Waals surface area contributed by atoms with E-state index >= 15 is 0 Å². The Balaban J connectivity index is 1.75. The van der Waals surface area contributed by atoms with Gasteiger partial charge in [0.1, 0.15) is 0 Å². The van der Waals surface area contributed by atoms with Crippen LogP contribution >= 0.6 is 0 Å². The number of allylic oxidation sites excluding steroid dienone is 8. The van der Waals surface area contributed by atoms with Crippen LogP contribution in [0.4, 0.5) is 0 Å². The molecule has 0 radical (unpaired) electrons. The number of carbonyl (C=O) groups is 2. The molecular formula is C24H20O4Zr. The zero-order valence-corrected chi connectivity index (χ0v) is 18.1. The van der Waals surface area contributed by atoms with Gasteiger partial charge in [-0.3, -0.25) is 0 Å². The van der Waals surface area contributed by atoms with Gasteiger partial charge in [0, 0.05) is 0 Å². The van der Waals surface area contributed by atoms with Crippen molar-refractivity contribution in [3.8, 4) is 11.5 Å². The standard InChI is InChI=1S/2C7H6O2.2C5H5.Zr/c2*8-5-6-1-3-7(9)4-2-6;2*1-2-4-5-3-1;/h2*1-5,9H;2*1-5H;/q;;;;+2/p-2. The normalized spacial score (nSPS) is 15.7. The molecule has 2 aromatic rings. The van der Waals surface area contributed by atoms with Crippen LogP contribution in [0.3, 0.4) is 0 Å². The molecule has 0 unspecified atom stereocenters. The number of benzene rings is 2. The minimum atomic E-state index is -3.97. The molecule has 0 aromatic heterocycles. The van der Waals surface area contributed by atoms with Gasteiger partial charge in [0.2, 0.25) is 0 Å². The zero-order chi connectivity index (χ0) is 20.1. The monoisotopic (exact) mass is 462 g/mol. The molecule has 2 aliphatic rings. The van der Waals surface area contributed by atoms with Gasteiger partial charge in [0.25, 0.3) is 0 Å². The van der Waals surface area contributed by atoms with Gasteiger partial charge in [0.05, 0.1) is 0 Å². The van der Waals surface area contributed by atoms with E-state index in [2.05, 4.69) is 24.3 Å². The Labute approximate surface area is 175 Å². The Bertz CT molecular complexity index is 893. The summed E-state index contributed by atoms with van der Waals surface area (Å²) in [7, 11) is 0. The summed E-state index contributed by atoms with van der Waals surface area (Å²) in [6.07, 6.45) is 18.3. The van der Waals surface area contributed by atoms with Crippen LogP contribution in [0.15, 0.2) is 97.1 Å². The number of aldehydes is 2. The molecule has 0 saturated carbocycles. The predicted octanol–water partition coefficient (Wildman–Crippen LogP) is 5.58. The first-order chi connectivity index (χ1) is 14.2. The Kier molecular flexibility index (Phi) is 5.87. The van der Waals surface area contributed by atoms with Crippen LogP contribution in [0.1, 0.15) is 20.7 Å². The molecule has 0 N–H and O–H groups in total. The van der Waals surface area contributed by atoms with Crippen molar-refractivity contribution in [2.24, 2.45) is 0 Å². The summed E-state index contributed by atoms with van der Waals surface area (Å²) < 4.78 is 13.6.